The molecule has 0 N–H and O–H groups in total. The molecule has 0 bridgehead atoms. The van der Waals surface area contributed by atoms with Crippen molar-refractivity contribution in [1.29, 1.82) is 0 Å². The lowest BCUT2D eigenvalue weighted by atomic mass is 9.60. The van der Waals surface area contributed by atoms with Crippen molar-refractivity contribution in [2.75, 3.05) is 9.80 Å². The van der Waals surface area contributed by atoms with Gasteiger partial charge in [0, 0.05) is 34.0 Å². The van der Waals surface area contributed by atoms with Gasteiger partial charge in [0.2, 0.25) is 0 Å². The van der Waals surface area contributed by atoms with Crippen molar-refractivity contribution in [3.8, 4) is 44.5 Å². The summed E-state index contributed by atoms with van der Waals surface area (Å²) in [6, 6.07) is 83.2. The highest BCUT2D eigenvalue weighted by Crippen LogP contribution is 2.64. The van der Waals surface area contributed by atoms with E-state index in [4.69, 9.17) is 0 Å². The van der Waals surface area contributed by atoms with Crippen LogP contribution in [0.2, 0.25) is 0 Å². The van der Waals surface area contributed by atoms with E-state index in [1.807, 2.05) is 0 Å². The summed E-state index contributed by atoms with van der Waals surface area (Å²) < 4.78 is 0. The van der Waals surface area contributed by atoms with Gasteiger partial charge in [-0.2, -0.15) is 0 Å². The number of nitrogens with zero attached hydrogens (tertiary/aromatic N) is 2. The summed E-state index contributed by atoms with van der Waals surface area (Å²) in [5.41, 5.74) is 28.2. The van der Waals surface area contributed by atoms with E-state index in [1.165, 1.54) is 94.1 Å². The van der Waals surface area contributed by atoms with Crippen molar-refractivity contribution in [3.05, 3.63) is 247 Å². The Morgan fingerprint density at radius 2 is 0.647 bits per heavy atom. The van der Waals surface area contributed by atoms with Crippen LogP contribution in [-0.4, -0.2) is 39.2 Å². The van der Waals surface area contributed by atoms with Gasteiger partial charge < -0.3 is 9.80 Å². The fourth-order valence-corrected chi connectivity index (χ4v) is 11.7. The van der Waals surface area contributed by atoms with Crippen LogP contribution in [0.25, 0.3) is 44.5 Å². The van der Waals surface area contributed by atoms with E-state index in [0.29, 0.717) is 0 Å². The minimum Gasteiger partial charge on any atom is -0.310 e. The molecule has 2 nitrogen and oxygen atoms in total. The van der Waals surface area contributed by atoms with Crippen LogP contribution in [0.1, 0.15) is 22.3 Å². The summed E-state index contributed by atoms with van der Waals surface area (Å²) >= 11 is 0. The monoisotopic (exact) mass is 862 g/mol. The van der Waals surface area contributed by atoms with Crippen LogP contribution in [0.4, 0.5) is 34.1 Å². The first-order valence-corrected chi connectivity index (χ1v) is 23.9. The van der Waals surface area contributed by atoms with E-state index < -0.39 is 5.41 Å². The van der Waals surface area contributed by atoms with Crippen LogP contribution < -0.4 is 37.1 Å². The van der Waals surface area contributed by atoms with Crippen molar-refractivity contribution in [1.82, 2.24) is 0 Å². The van der Waals surface area contributed by atoms with Gasteiger partial charge in [-0.1, -0.05) is 169 Å². The number of hydrogen-bond donors (Lipinski definition) is 0. The van der Waals surface area contributed by atoms with Gasteiger partial charge in [-0.05, 0) is 128 Å². The number of hydrogen-bond acceptors (Lipinski definition) is 2. The first kappa shape index (κ1) is 41.5. The third-order valence-corrected chi connectivity index (χ3v) is 15.2. The Morgan fingerprint density at radius 1 is 0.265 bits per heavy atom. The predicted molar refractivity (Wildman–Crippen MR) is 304 cm³/mol. The molecule has 1 unspecified atom stereocenters. The zero-order valence-electron chi connectivity index (χ0n) is 39.3. The number of anilines is 6. The van der Waals surface area contributed by atoms with Gasteiger partial charge in [0.05, 0.1) is 11.1 Å². The molecule has 2 aliphatic carbocycles. The quantitative estimate of drug-likeness (QED) is 0.146. The fraction of sp³-hybridized carbons (Fsp3) is 0.0164. The molecule has 0 saturated carbocycles. The van der Waals surface area contributed by atoms with Crippen LogP contribution in [0.3, 0.4) is 0 Å². The zero-order chi connectivity index (χ0) is 46.1. The third-order valence-electron chi connectivity index (χ3n) is 15.2. The Labute approximate surface area is 405 Å². The molecule has 2 aliphatic rings. The second-order valence-electron chi connectivity index (χ2n) is 18.6. The van der Waals surface area contributed by atoms with Crippen molar-refractivity contribution in [3.63, 3.8) is 0 Å². The summed E-state index contributed by atoms with van der Waals surface area (Å²) in [5, 5.41) is 0. The van der Waals surface area contributed by atoms with Crippen LogP contribution in [0.15, 0.2) is 224 Å². The molecule has 0 aliphatic heterocycles. The van der Waals surface area contributed by atoms with Gasteiger partial charge in [-0.3, -0.25) is 0 Å². The summed E-state index contributed by atoms with van der Waals surface area (Å²) in [6.45, 7) is 0. The van der Waals surface area contributed by atoms with Crippen LogP contribution in [-0.2, 0) is 5.41 Å². The van der Waals surface area contributed by atoms with Crippen molar-refractivity contribution in [2.45, 2.75) is 5.41 Å². The lowest BCUT2D eigenvalue weighted by Gasteiger charge is -2.33. The number of benzene rings is 10. The van der Waals surface area contributed by atoms with E-state index in [2.05, 4.69) is 273 Å². The van der Waals surface area contributed by atoms with Gasteiger partial charge in [0.25, 0.3) is 0 Å². The second kappa shape index (κ2) is 16.5. The zero-order valence-corrected chi connectivity index (χ0v) is 39.3. The van der Waals surface area contributed by atoms with Crippen LogP contribution in [0, 0.1) is 0 Å². The molecule has 1 spiro atoms. The summed E-state index contributed by atoms with van der Waals surface area (Å²) in [6.07, 6.45) is 0. The molecule has 1 atom stereocenters. The van der Waals surface area contributed by atoms with E-state index in [9.17, 15) is 0 Å². The molecule has 0 heterocycles. The maximum atomic E-state index is 2.51. The molecule has 0 amide bonds. The molecule has 0 saturated heterocycles. The number of para-hydroxylation sites is 3. The average Bonchev–Trinajstić information content (AvgIpc) is 3.86. The lowest BCUT2D eigenvalue weighted by molar-refractivity contribution is 0.793. The van der Waals surface area contributed by atoms with Crippen molar-refractivity contribution in [2.24, 2.45) is 0 Å². The summed E-state index contributed by atoms with van der Waals surface area (Å²) in [5.74, 6) is 0. The van der Waals surface area contributed by atoms with E-state index >= 15 is 0 Å². The van der Waals surface area contributed by atoms with Crippen molar-refractivity contribution >= 4 is 101 Å². The molecule has 316 valence electrons. The molecule has 10 aromatic rings. The standard InChI is InChI=1S/C61H47B5N2/c62-56-55(57(63)59(65)60(66)58(56)64)39-28-30-42(31-29-39)68(54-27-15-12-22-45(54)38-16-4-1-5-17-38)44-33-35-49-47-24-11-14-26-51(47)61(53(49)37-44)50-25-13-10-23-46(50)48-34-32-43(36-52(48)61)67(40-18-6-2-7-19-40)41-20-8-3-9-21-41/h1-37H,62-66H2. The van der Waals surface area contributed by atoms with Crippen LogP contribution in [0.5, 0.6) is 0 Å². The Kier molecular flexibility index (Phi) is 10.1. The molecule has 0 fully saturated rings. The van der Waals surface area contributed by atoms with E-state index in [1.54, 1.807) is 0 Å². The molecule has 12 rings (SSSR count). The molecule has 7 heteroatoms. The van der Waals surface area contributed by atoms with Crippen LogP contribution >= 0.6 is 0 Å². The van der Waals surface area contributed by atoms with Gasteiger partial charge in [-0.15, -0.1) is 16.4 Å². The van der Waals surface area contributed by atoms with Gasteiger partial charge in [-0.25, -0.2) is 0 Å². The Hall–Kier alpha value is -7.88. The first-order valence-electron chi connectivity index (χ1n) is 23.9. The Bertz CT molecular complexity index is 3500. The molecule has 0 radical (unpaired) electrons. The SMILES string of the molecule is Bc1c(B)c(B)c(-c2ccc(N(c3ccc4c(c3)C3(c5ccccc5-c5ccc(N(c6ccccc6)c6ccccc6)cc53)c3ccccc3-4)c3ccccc3-c3ccccc3)cc2)c(B)c1B. The van der Waals surface area contributed by atoms with Gasteiger partial charge in [0.1, 0.15) is 39.2 Å². The first-order chi connectivity index (χ1) is 33.3. The molecule has 0 aromatic heterocycles. The minimum atomic E-state index is -0.576. The fourth-order valence-electron chi connectivity index (χ4n) is 11.7. The van der Waals surface area contributed by atoms with Gasteiger partial charge in [0.15, 0.2) is 0 Å². The normalized spacial score (nSPS) is 13.9. The lowest BCUT2D eigenvalue weighted by Crippen LogP contribution is -2.55. The molecular formula is C61H47B5N2. The Balaban J connectivity index is 1.10. The molecular weight excluding hydrogens is 815 g/mol. The average molecular weight is 862 g/mol. The maximum absolute atomic E-state index is 2.51. The smallest absolute Gasteiger partial charge is 0.139 e. The van der Waals surface area contributed by atoms with E-state index in [0.717, 1.165) is 34.1 Å². The highest BCUT2D eigenvalue weighted by atomic mass is 15.1. The molecule has 68 heavy (non-hydrogen) atoms. The highest BCUT2D eigenvalue weighted by Gasteiger charge is 2.52. The highest BCUT2D eigenvalue weighted by molar-refractivity contribution is 6.68. The minimum absolute atomic E-state index is 0.576. The predicted octanol–water partition coefficient (Wildman–Crippen LogP) is 7.60. The number of rotatable bonds is 8. The molecule has 10 aromatic carbocycles. The van der Waals surface area contributed by atoms with Crippen molar-refractivity contribution < 1.29 is 0 Å². The topological polar surface area (TPSA) is 6.48 Å². The maximum Gasteiger partial charge on any atom is 0.139 e. The van der Waals surface area contributed by atoms with E-state index in [-0.39, 0.29) is 0 Å². The summed E-state index contributed by atoms with van der Waals surface area (Å²) in [4.78, 5) is 4.88. The Morgan fingerprint density at radius 3 is 1.18 bits per heavy atom. The largest absolute Gasteiger partial charge is 0.310 e. The second-order valence-corrected chi connectivity index (χ2v) is 18.6. The number of fused-ring (bicyclic) bond motifs is 10. The summed E-state index contributed by atoms with van der Waals surface area (Å²) in [7, 11) is 11.3. The van der Waals surface area contributed by atoms with Gasteiger partial charge >= 0.3 is 0 Å². The third kappa shape index (κ3) is 6.33.